The standard InChI is InChI=1S/C21H20N2O3/c24-21(20-19-6-2-1-4-15(19)11-12-22-20)23-16-7-9-17(10-8-16)26-14-18-5-3-13-25-18/h1-2,4,6-12,18H,3,5,13-14H2,(H,23,24)/t18-/m1/s1. The Morgan fingerprint density at radius 3 is 2.81 bits per heavy atom. The van der Waals surface area contributed by atoms with Gasteiger partial charge in [-0.05, 0) is 48.6 Å². The van der Waals surface area contributed by atoms with Crippen LogP contribution >= 0.6 is 0 Å². The SMILES string of the molecule is O=C(Nc1ccc(OC[C@H]2CCCO2)cc1)c1nccc2ccccc12. The predicted molar refractivity (Wildman–Crippen MR) is 101 cm³/mol. The van der Waals surface area contributed by atoms with E-state index in [4.69, 9.17) is 9.47 Å². The topological polar surface area (TPSA) is 60.5 Å². The largest absolute Gasteiger partial charge is 0.491 e. The van der Waals surface area contributed by atoms with Gasteiger partial charge in [-0.1, -0.05) is 24.3 Å². The van der Waals surface area contributed by atoms with Gasteiger partial charge in [0.15, 0.2) is 0 Å². The summed E-state index contributed by atoms with van der Waals surface area (Å²) < 4.78 is 11.3. The quantitative estimate of drug-likeness (QED) is 0.756. The Balaban J connectivity index is 1.42. The number of ether oxygens (including phenoxy) is 2. The average Bonchev–Trinajstić information content (AvgIpc) is 3.20. The van der Waals surface area contributed by atoms with Gasteiger partial charge >= 0.3 is 0 Å². The van der Waals surface area contributed by atoms with Gasteiger partial charge in [0.2, 0.25) is 0 Å². The highest BCUT2D eigenvalue weighted by Crippen LogP contribution is 2.20. The number of benzene rings is 2. The summed E-state index contributed by atoms with van der Waals surface area (Å²) in [4.78, 5) is 16.8. The Hall–Kier alpha value is -2.92. The van der Waals surface area contributed by atoms with Crippen molar-refractivity contribution in [2.45, 2.75) is 18.9 Å². The monoisotopic (exact) mass is 348 g/mol. The molecule has 2 aromatic carbocycles. The second-order valence-corrected chi connectivity index (χ2v) is 6.31. The molecule has 0 bridgehead atoms. The van der Waals surface area contributed by atoms with E-state index in [0.717, 1.165) is 36.0 Å². The summed E-state index contributed by atoms with van der Waals surface area (Å²) in [5.74, 6) is 0.539. The van der Waals surface area contributed by atoms with Crippen LogP contribution in [0.5, 0.6) is 5.75 Å². The van der Waals surface area contributed by atoms with E-state index in [1.54, 1.807) is 6.20 Å². The molecule has 2 heterocycles. The van der Waals surface area contributed by atoms with Crippen molar-refractivity contribution in [1.29, 1.82) is 0 Å². The first kappa shape index (κ1) is 16.5. The molecule has 1 aromatic heterocycles. The first-order valence-electron chi connectivity index (χ1n) is 8.79. The number of carbonyl (C=O) groups is 1. The number of nitrogens with zero attached hydrogens (tertiary/aromatic N) is 1. The Morgan fingerprint density at radius 1 is 1.15 bits per heavy atom. The normalized spacial score (nSPS) is 16.5. The van der Waals surface area contributed by atoms with Crippen LogP contribution < -0.4 is 10.1 Å². The van der Waals surface area contributed by atoms with Crippen molar-refractivity contribution in [1.82, 2.24) is 4.98 Å². The van der Waals surface area contributed by atoms with Crippen molar-refractivity contribution in [3.63, 3.8) is 0 Å². The number of hydrogen-bond acceptors (Lipinski definition) is 4. The highest BCUT2D eigenvalue weighted by atomic mass is 16.5. The molecule has 1 atom stereocenters. The lowest BCUT2D eigenvalue weighted by Crippen LogP contribution is -2.16. The second-order valence-electron chi connectivity index (χ2n) is 6.31. The molecule has 0 aliphatic carbocycles. The van der Waals surface area contributed by atoms with Gasteiger partial charge in [0.1, 0.15) is 18.1 Å². The molecule has 1 fully saturated rings. The van der Waals surface area contributed by atoms with E-state index >= 15 is 0 Å². The minimum Gasteiger partial charge on any atom is -0.491 e. The number of rotatable bonds is 5. The number of amides is 1. The molecule has 5 heteroatoms. The summed E-state index contributed by atoms with van der Waals surface area (Å²) in [6, 6.07) is 17.0. The number of nitrogens with one attached hydrogen (secondary N) is 1. The summed E-state index contributed by atoms with van der Waals surface area (Å²) >= 11 is 0. The minimum atomic E-state index is -0.227. The van der Waals surface area contributed by atoms with E-state index in [1.165, 1.54) is 0 Å². The molecular formula is C21H20N2O3. The van der Waals surface area contributed by atoms with E-state index in [2.05, 4.69) is 10.3 Å². The zero-order chi connectivity index (χ0) is 17.8. The number of aromatic nitrogens is 1. The van der Waals surface area contributed by atoms with E-state index in [-0.39, 0.29) is 12.0 Å². The molecule has 5 nitrogen and oxygen atoms in total. The van der Waals surface area contributed by atoms with Gasteiger partial charge < -0.3 is 14.8 Å². The van der Waals surface area contributed by atoms with E-state index in [1.807, 2.05) is 54.6 Å². The molecule has 26 heavy (non-hydrogen) atoms. The first-order valence-corrected chi connectivity index (χ1v) is 8.79. The van der Waals surface area contributed by atoms with Crippen molar-refractivity contribution < 1.29 is 14.3 Å². The Kier molecular flexibility index (Phi) is 4.80. The van der Waals surface area contributed by atoms with Crippen LogP contribution in [0.3, 0.4) is 0 Å². The van der Waals surface area contributed by atoms with Gasteiger partial charge in [0, 0.05) is 23.9 Å². The van der Waals surface area contributed by atoms with Crippen molar-refractivity contribution in [2.75, 3.05) is 18.5 Å². The minimum absolute atomic E-state index is 0.187. The first-order chi connectivity index (χ1) is 12.8. The zero-order valence-electron chi connectivity index (χ0n) is 14.4. The maximum absolute atomic E-state index is 12.6. The Labute approximate surface area is 152 Å². The maximum Gasteiger partial charge on any atom is 0.274 e. The predicted octanol–water partition coefficient (Wildman–Crippen LogP) is 4.04. The summed E-state index contributed by atoms with van der Waals surface area (Å²) in [6.07, 6.45) is 3.99. The molecule has 4 rings (SSSR count). The zero-order valence-corrected chi connectivity index (χ0v) is 14.4. The average molecular weight is 348 g/mol. The van der Waals surface area contributed by atoms with Crippen LogP contribution in [0.1, 0.15) is 23.3 Å². The number of anilines is 1. The summed E-state index contributed by atoms with van der Waals surface area (Å²) in [5, 5.41) is 4.72. The molecule has 0 radical (unpaired) electrons. The van der Waals surface area contributed by atoms with Crippen LogP contribution in [0.25, 0.3) is 10.8 Å². The fourth-order valence-corrected chi connectivity index (χ4v) is 3.09. The van der Waals surface area contributed by atoms with Crippen molar-refractivity contribution >= 4 is 22.4 Å². The molecular weight excluding hydrogens is 328 g/mol. The Bertz CT molecular complexity index is 897. The number of fused-ring (bicyclic) bond motifs is 1. The smallest absolute Gasteiger partial charge is 0.274 e. The highest BCUT2D eigenvalue weighted by Gasteiger charge is 2.16. The van der Waals surface area contributed by atoms with Gasteiger partial charge in [-0.3, -0.25) is 9.78 Å². The third-order valence-corrected chi connectivity index (χ3v) is 4.46. The highest BCUT2D eigenvalue weighted by molar-refractivity contribution is 6.11. The van der Waals surface area contributed by atoms with E-state index in [9.17, 15) is 4.79 Å². The van der Waals surface area contributed by atoms with Gasteiger partial charge in [-0.25, -0.2) is 0 Å². The molecule has 0 saturated carbocycles. The van der Waals surface area contributed by atoms with Crippen molar-refractivity contribution in [3.05, 3.63) is 66.5 Å². The Morgan fingerprint density at radius 2 is 2.00 bits per heavy atom. The van der Waals surface area contributed by atoms with Gasteiger partial charge in [-0.2, -0.15) is 0 Å². The second kappa shape index (κ2) is 7.54. The fourth-order valence-electron chi connectivity index (χ4n) is 3.09. The lowest BCUT2D eigenvalue weighted by Gasteiger charge is -2.12. The number of pyridine rings is 1. The van der Waals surface area contributed by atoms with Crippen molar-refractivity contribution in [3.8, 4) is 5.75 Å². The van der Waals surface area contributed by atoms with Crippen LogP contribution in [-0.4, -0.2) is 30.2 Å². The van der Waals surface area contributed by atoms with Crippen LogP contribution in [0.15, 0.2) is 60.8 Å². The van der Waals surface area contributed by atoms with Gasteiger partial charge in [0.05, 0.1) is 6.10 Å². The third kappa shape index (κ3) is 3.68. The molecule has 1 aliphatic heterocycles. The van der Waals surface area contributed by atoms with E-state index in [0.29, 0.717) is 18.0 Å². The van der Waals surface area contributed by atoms with Gasteiger partial charge in [-0.15, -0.1) is 0 Å². The molecule has 1 aliphatic rings. The molecule has 0 unspecified atom stereocenters. The number of carbonyl (C=O) groups excluding carboxylic acids is 1. The van der Waals surface area contributed by atoms with Crippen LogP contribution in [-0.2, 0) is 4.74 Å². The molecule has 1 saturated heterocycles. The number of hydrogen-bond donors (Lipinski definition) is 1. The van der Waals surface area contributed by atoms with Crippen LogP contribution in [0, 0.1) is 0 Å². The molecule has 1 N–H and O–H groups in total. The summed E-state index contributed by atoms with van der Waals surface area (Å²) in [7, 11) is 0. The fraction of sp³-hybridized carbons (Fsp3) is 0.238. The van der Waals surface area contributed by atoms with Gasteiger partial charge in [0.25, 0.3) is 5.91 Å². The summed E-state index contributed by atoms with van der Waals surface area (Å²) in [6.45, 7) is 1.38. The lowest BCUT2D eigenvalue weighted by molar-refractivity contribution is 0.0679. The van der Waals surface area contributed by atoms with E-state index < -0.39 is 0 Å². The maximum atomic E-state index is 12.6. The summed E-state index contributed by atoms with van der Waals surface area (Å²) in [5.41, 5.74) is 1.12. The molecule has 0 spiro atoms. The lowest BCUT2D eigenvalue weighted by atomic mass is 10.1. The van der Waals surface area contributed by atoms with Crippen molar-refractivity contribution in [2.24, 2.45) is 0 Å². The molecule has 132 valence electrons. The molecule has 3 aromatic rings. The third-order valence-electron chi connectivity index (χ3n) is 4.46. The van der Waals surface area contributed by atoms with Crippen LogP contribution in [0.4, 0.5) is 5.69 Å². The van der Waals surface area contributed by atoms with Crippen LogP contribution in [0.2, 0.25) is 0 Å². The molecule has 1 amide bonds.